The Labute approximate surface area is 264 Å². The lowest BCUT2D eigenvalue weighted by atomic mass is 9.74. The van der Waals surface area contributed by atoms with Crippen molar-refractivity contribution in [2.75, 3.05) is 0 Å². The first kappa shape index (κ1) is 25.3. The Hall–Kier alpha value is -6.01. The Kier molecular flexibility index (Phi) is 4.97. The third-order valence-electron chi connectivity index (χ3n) is 9.65. The molecule has 0 N–H and O–H groups in total. The zero-order valence-corrected chi connectivity index (χ0v) is 25.3. The van der Waals surface area contributed by atoms with E-state index in [1.807, 2.05) is 48.8 Å². The number of rotatable bonds is 3. The fourth-order valence-corrected chi connectivity index (χ4v) is 7.49. The van der Waals surface area contributed by atoms with Crippen LogP contribution in [-0.2, 0) is 5.41 Å². The second-order valence-electron chi connectivity index (χ2n) is 12.6. The van der Waals surface area contributed by atoms with Gasteiger partial charge in [-0.2, -0.15) is 0 Å². The quantitative estimate of drug-likeness (QED) is 0.191. The number of hydrogen-bond acceptors (Lipinski definition) is 4. The summed E-state index contributed by atoms with van der Waals surface area (Å²) < 4.78 is 11.1. The molecule has 6 heteroatoms. The zero-order chi connectivity index (χ0) is 30.6. The molecule has 0 saturated carbocycles. The minimum Gasteiger partial charge on any atom is -0.457 e. The lowest BCUT2D eigenvalue weighted by molar-refractivity contribution is 0.482. The van der Waals surface area contributed by atoms with Gasteiger partial charge in [-0.25, -0.2) is 15.0 Å². The monoisotopic (exact) mass is 593 g/mol. The highest BCUT2D eigenvalue weighted by Crippen LogP contribution is 2.48. The van der Waals surface area contributed by atoms with Crippen molar-refractivity contribution < 1.29 is 4.74 Å². The molecule has 0 unspecified atom stereocenters. The molecule has 218 valence electrons. The molecular weight excluding hydrogens is 566 g/mol. The third-order valence-corrected chi connectivity index (χ3v) is 9.65. The topological polar surface area (TPSA) is 57.2 Å². The smallest absolute Gasteiger partial charge is 0.147 e. The van der Waals surface area contributed by atoms with Gasteiger partial charge in [0.25, 0.3) is 0 Å². The third kappa shape index (κ3) is 3.38. The lowest BCUT2D eigenvalue weighted by Gasteiger charge is -2.34. The first-order valence-electron chi connectivity index (χ1n) is 15.5. The summed E-state index contributed by atoms with van der Waals surface area (Å²) in [5, 5.41) is 5.55. The number of fused-ring (bicyclic) bond motifs is 11. The Morgan fingerprint density at radius 2 is 1.33 bits per heavy atom. The largest absolute Gasteiger partial charge is 0.457 e. The fraction of sp³-hybridized carbons (Fsp3) is 0.0750. The van der Waals surface area contributed by atoms with E-state index in [-0.39, 0.29) is 5.41 Å². The van der Waals surface area contributed by atoms with Crippen molar-refractivity contribution in [2.24, 2.45) is 0 Å². The summed E-state index contributed by atoms with van der Waals surface area (Å²) in [5.74, 6) is 1.52. The molecular formula is C40H27N5O. The molecule has 0 fully saturated rings. The van der Waals surface area contributed by atoms with E-state index in [1.54, 1.807) is 0 Å². The maximum atomic E-state index is 6.66. The van der Waals surface area contributed by atoms with Gasteiger partial charge < -0.3 is 4.74 Å². The summed E-state index contributed by atoms with van der Waals surface area (Å²) in [6.07, 6.45) is 5.78. The highest BCUT2D eigenvalue weighted by molar-refractivity contribution is 6.12. The standard InChI is InChI=1S/C40H27N5O/c1-40(2)32-18-16-26(22-35(32)45-36-28(11-6-14-33(36)40)30-13-8-20-42-38(30)45)46-25-15-17-27-29-12-7-19-41-37(29)44-23-34(24-9-4-3-5-10-24)43-39(44)31(27)21-25/h3-23H,1-2H3. The van der Waals surface area contributed by atoms with E-state index in [2.05, 4.69) is 102 Å². The Morgan fingerprint density at radius 3 is 2.17 bits per heavy atom. The summed E-state index contributed by atoms with van der Waals surface area (Å²) in [5.41, 5.74) is 9.34. The maximum absolute atomic E-state index is 6.66. The van der Waals surface area contributed by atoms with Crippen molar-refractivity contribution in [3.63, 3.8) is 0 Å². The van der Waals surface area contributed by atoms with Gasteiger partial charge in [0, 0.05) is 57.2 Å². The molecule has 10 rings (SSSR count). The van der Waals surface area contributed by atoms with Gasteiger partial charge >= 0.3 is 0 Å². The van der Waals surface area contributed by atoms with Crippen LogP contribution >= 0.6 is 0 Å². The highest BCUT2D eigenvalue weighted by atomic mass is 16.5. The van der Waals surface area contributed by atoms with Crippen molar-refractivity contribution in [3.05, 3.63) is 139 Å². The van der Waals surface area contributed by atoms with Crippen LogP contribution in [0, 0.1) is 0 Å². The number of ether oxygens (including phenoxy) is 1. The van der Waals surface area contributed by atoms with Gasteiger partial charge in [-0.05, 0) is 65.0 Å². The summed E-state index contributed by atoms with van der Waals surface area (Å²) in [4.78, 5) is 14.7. The molecule has 46 heavy (non-hydrogen) atoms. The predicted molar refractivity (Wildman–Crippen MR) is 184 cm³/mol. The van der Waals surface area contributed by atoms with Crippen LogP contribution in [0.5, 0.6) is 11.5 Å². The molecule has 6 heterocycles. The van der Waals surface area contributed by atoms with Gasteiger partial charge in [-0.15, -0.1) is 0 Å². The molecule has 9 aromatic rings. The van der Waals surface area contributed by atoms with Gasteiger partial charge in [0.05, 0.1) is 16.9 Å². The number of imidazole rings is 1. The minimum absolute atomic E-state index is 0.182. The molecule has 4 aromatic carbocycles. The van der Waals surface area contributed by atoms with Crippen LogP contribution in [-0.4, -0.2) is 23.9 Å². The van der Waals surface area contributed by atoms with Crippen LogP contribution in [0.3, 0.4) is 0 Å². The maximum Gasteiger partial charge on any atom is 0.147 e. The second-order valence-corrected chi connectivity index (χ2v) is 12.6. The predicted octanol–water partition coefficient (Wildman–Crippen LogP) is 9.63. The van der Waals surface area contributed by atoms with Crippen molar-refractivity contribution in [1.29, 1.82) is 0 Å². The lowest BCUT2D eigenvalue weighted by Crippen LogP contribution is -2.26. The minimum atomic E-state index is -0.182. The van der Waals surface area contributed by atoms with Gasteiger partial charge in [-0.3, -0.25) is 8.97 Å². The Bertz CT molecular complexity index is 2700. The molecule has 1 aliphatic heterocycles. The molecule has 0 spiro atoms. The normalized spacial score (nSPS) is 13.6. The summed E-state index contributed by atoms with van der Waals surface area (Å²) in [6.45, 7) is 4.61. The highest BCUT2D eigenvalue weighted by Gasteiger charge is 2.35. The number of pyridine rings is 3. The van der Waals surface area contributed by atoms with Crippen LogP contribution in [0.25, 0.3) is 66.3 Å². The molecule has 0 amide bonds. The van der Waals surface area contributed by atoms with Crippen LogP contribution in [0.4, 0.5) is 0 Å². The fourth-order valence-electron chi connectivity index (χ4n) is 7.49. The summed E-state index contributed by atoms with van der Waals surface area (Å²) >= 11 is 0. The number of benzene rings is 4. The van der Waals surface area contributed by atoms with E-state index in [4.69, 9.17) is 19.7 Å². The van der Waals surface area contributed by atoms with Gasteiger partial charge in [0.2, 0.25) is 0 Å². The first-order chi connectivity index (χ1) is 22.6. The van der Waals surface area contributed by atoms with Crippen molar-refractivity contribution in [2.45, 2.75) is 19.3 Å². The molecule has 1 aliphatic rings. The molecule has 0 atom stereocenters. The number of hydrogen-bond donors (Lipinski definition) is 0. The van der Waals surface area contributed by atoms with Crippen LogP contribution in [0.1, 0.15) is 25.0 Å². The van der Waals surface area contributed by atoms with E-state index >= 15 is 0 Å². The van der Waals surface area contributed by atoms with E-state index in [9.17, 15) is 0 Å². The number of aromatic nitrogens is 5. The van der Waals surface area contributed by atoms with Crippen molar-refractivity contribution >= 4 is 49.4 Å². The van der Waals surface area contributed by atoms with Crippen molar-refractivity contribution in [1.82, 2.24) is 23.9 Å². The van der Waals surface area contributed by atoms with Gasteiger partial charge in [0.15, 0.2) is 0 Å². The van der Waals surface area contributed by atoms with Gasteiger partial charge in [-0.1, -0.05) is 68.4 Å². The Morgan fingerprint density at radius 1 is 0.587 bits per heavy atom. The molecule has 0 aliphatic carbocycles. The molecule has 0 radical (unpaired) electrons. The average molecular weight is 594 g/mol. The van der Waals surface area contributed by atoms with E-state index < -0.39 is 0 Å². The average Bonchev–Trinajstić information content (AvgIpc) is 3.69. The second kappa shape index (κ2) is 9.02. The van der Waals surface area contributed by atoms with Crippen LogP contribution < -0.4 is 4.74 Å². The van der Waals surface area contributed by atoms with Crippen LogP contribution in [0.2, 0.25) is 0 Å². The summed E-state index contributed by atoms with van der Waals surface area (Å²) in [6, 6.07) is 37.9. The Balaban J connectivity index is 1.15. The molecule has 0 saturated heterocycles. The summed E-state index contributed by atoms with van der Waals surface area (Å²) in [7, 11) is 0. The molecule has 6 nitrogen and oxygen atoms in total. The van der Waals surface area contributed by atoms with E-state index in [0.29, 0.717) is 0 Å². The van der Waals surface area contributed by atoms with Gasteiger partial charge in [0.1, 0.15) is 28.4 Å². The molecule has 5 aromatic heterocycles. The van der Waals surface area contributed by atoms with E-state index in [1.165, 1.54) is 22.0 Å². The first-order valence-corrected chi connectivity index (χ1v) is 15.5. The van der Waals surface area contributed by atoms with E-state index in [0.717, 1.165) is 66.9 Å². The number of nitrogens with zero attached hydrogens (tertiary/aromatic N) is 5. The van der Waals surface area contributed by atoms with Crippen LogP contribution in [0.15, 0.2) is 128 Å². The SMILES string of the molecule is CC1(C)c2ccc(Oc3ccc4c5cccnc5n5cc(-c6ccccc6)nc5c4c3)cc2-n2c3ncccc3c3cccc1c32. The number of para-hydroxylation sites is 1. The van der Waals surface area contributed by atoms with Crippen molar-refractivity contribution in [3.8, 4) is 28.4 Å². The zero-order valence-electron chi connectivity index (χ0n) is 25.3. The molecule has 0 bridgehead atoms.